The molecule has 1 aliphatic heterocycles. The van der Waals surface area contributed by atoms with Crippen molar-refractivity contribution in [3.05, 3.63) is 71.6 Å². The summed E-state index contributed by atoms with van der Waals surface area (Å²) in [7, 11) is -3.36. The molecule has 0 saturated carbocycles. The smallest absolute Gasteiger partial charge is 0.344 e. The first-order valence-electron chi connectivity index (χ1n) is 8.98. The zero-order valence-corrected chi connectivity index (χ0v) is 16.7. The second-order valence-electron chi connectivity index (χ2n) is 6.54. The number of carbonyl (C=O) groups is 2. The average Bonchev–Trinajstić information content (AvgIpc) is 3.06. The number of hydrogen-bond donors (Lipinski definition) is 0. The highest BCUT2D eigenvalue weighted by Gasteiger charge is 2.31. The molecular formula is C21H21NO6S. The van der Waals surface area contributed by atoms with Crippen LogP contribution in [0.15, 0.2) is 66.1 Å². The van der Waals surface area contributed by atoms with E-state index >= 15 is 0 Å². The molecule has 3 rings (SSSR count). The molecule has 0 saturated heterocycles. The number of aryl methyl sites for hydroxylation is 1. The molecule has 8 heteroatoms. The van der Waals surface area contributed by atoms with Crippen LogP contribution in [0.2, 0.25) is 0 Å². The van der Waals surface area contributed by atoms with Crippen LogP contribution in [0, 0.1) is 6.92 Å². The number of benzene rings is 2. The van der Waals surface area contributed by atoms with Crippen LogP contribution in [-0.4, -0.2) is 45.3 Å². The van der Waals surface area contributed by atoms with Gasteiger partial charge in [-0.2, -0.15) is 0 Å². The summed E-state index contributed by atoms with van der Waals surface area (Å²) in [6.07, 6.45) is 1.46. The van der Waals surface area contributed by atoms with E-state index in [0.717, 1.165) is 11.0 Å². The highest BCUT2D eigenvalue weighted by Crippen LogP contribution is 2.23. The molecule has 2 aromatic rings. The lowest BCUT2D eigenvalue weighted by Crippen LogP contribution is -2.43. The molecule has 2 aromatic carbocycles. The lowest BCUT2D eigenvalue weighted by atomic mass is 10.2. The molecule has 152 valence electrons. The number of anilines is 1. The van der Waals surface area contributed by atoms with E-state index in [1.54, 1.807) is 42.5 Å². The van der Waals surface area contributed by atoms with Crippen LogP contribution in [0.5, 0.6) is 5.75 Å². The van der Waals surface area contributed by atoms with Crippen molar-refractivity contribution in [3.8, 4) is 5.75 Å². The number of para-hydroxylation sites is 2. The minimum absolute atomic E-state index is 0.210. The molecule has 0 spiro atoms. The van der Waals surface area contributed by atoms with Crippen LogP contribution in [0.4, 0.5) is 5.69 Å². The molecule has 0 aromatic heterocycles. The van der Waals surface area contributed by atoms with Gasteiger partial charge in [-0.1, -0.05) is 36.4 Å². The van der Waals surface area contributed by atoms with Gasteiger partial charge in [0.15, 0.2) is 23.1 Å². The average molecular weight is 415 g/mol. The van der Waals surface area contributed by atoms with Crippen molar-refractivity contribution in [2.24, 2.45) is 0 Å². The molecule has 29 heavy (non-hydrogen) atoms. The quantitative estimate of drug-likeness (QED) is 0.645. The fourth-order valence-electron chi connectivity index (χ4n) is 2.94. The molecule has 7 nitrogen and oxygen atoms in total. The lowest BCUT2D eigenvalue weighted by molar-refractivity contribution is -0.149. The van der Waals surface area contributed by atoms with Gasteiger partial charge < -0.3 is 14.4 Å². The highest BCUT2D eigenvalue weighted by atomic mass is 32.2. The SMILES string of the molecule is Cc1ccccc1OCC(=O)OCC(=O)N(c1ccccc1)[C@@H]1C=CS(=O)(=O)C1. The maximum absolute atomic E-state index is 12.8. The van der Waals surface area contributed by atoms with Gasteiger partial charge in [-0.05, 0) is 36.8 Å². The Balaban J connectivity index is 1.62. The van der Waals surface area contributed by atoms with E-state index in [1.807, 2.05) is 19.1 Å². The zero-order chi connectivity index (χ0) is 20.9. The second kappa shape index (κ2) is 8.91. The molecular weight excluding hydrogens is 394 g/mol. The Morgan fingerprint density at radius 3 is 2.38 bits per heavy atom. The zero-order valence-electron chi connectivity index (χ0n) is 15.9. The number of ether oxygens (including phenoxy) is 2. The Hall–Kier alpha value is -3.13. The van der Waals surface area contributed by atoms with E-state index in [4.69, 9.17) is 9.47 Å². The van der Waals surface area contributed by atoms with Crippen LogP contribution in [-0.2, 0) is 24.2 Å². The van der Waals surface area contributed by atoms with Crippen molar-refractivity contribution in [1.29, 1.82) is 0 Å². The summed E-state index contributed by atoms with van der Waals surface area (Å²) in [6.45, 7) is 1.00. The molecule has 0 N–H and O–H groups in total. The predicted molar refractivity (Wildman–Crippen MR) is 108 cm³/mol. The van der Waals surface area contributed by atoms with Crippen LogP contribution in [0.1, 0.15) is 5.56 Å². The molecule has 0 aliphatic carbocycles. The number of sulfone groups is 1. The number of carbonyl (C=O) groups excluding carboxylic acids is 2. The van der Waals surface area contributed by atoms with Gasteiger partial charge in [-0.15, -0.1) is 0 Å². The number of hydrogen-bond acceptors (Lipinski definition) is 6. The van der Waals surface area contributed by atoms with Crippen molar-refractivity contribution in [2.75, 3.05) is 23.9 Å². The maximum Gasteiger partial charge on any atom is 0.344 e. The number of esters is 1. The van der Waals surface area contributed by atoms with Crippen LogP contribution >= 0.6 is 0 Å². The third-order valence-electron chi connectivity index (χ3n) is 4.34. The largest absolute Gasteiger partial charge is 0.482 e. The predicted octanol–water partition coefficient (Wildman–Crippen LogP) is 2.26. The number of amides is 1. The first-order valence-corrected chi connectivity index (χ1v) is 10.7. The molecule has 1 atom stereocenters. The van der Waals surface area contributed by atoms with Crippen molar-refractivity contribution >= 4 is 27.4 Å². The van der Waals surface area contributed by atoms with Gasteiger partial charge in [-0.25, -0.2) is 13.2 Å². The Labute approximate surface area is 169 Å². The third kappa shape index (κ3) is 5.45. The van der Waals surface area contributed by atoms with Gasteiger partial charge in [0.1, 0.15) is 5.75 Å². The fourth-order valence-corrected chi connectivity index (χ4v) is 4.21. The monoisotopic (exact) mass is 415 g/mol. The normalized spacial score (nSPS) is 16.9. The molecule has 0 radical (unpaired) electrons. The van der Waals surface area contributed by atoms with E-state index in [0.29, 0.717) is 11.4 Å². The topological polar surface area (TPSA) is 90.0 Å². The molecule has 1 amide bonds. The summed E-state index contributed by atoms with van der Waals surface area (Å²) in [5, 5.41) is 1.10. The van der Waals surface area contributed by atoms with Gasteiger partial charge in [0.2, 0.25) is 0 Å². The summed E-state index contributed by atoms with van der Waals surface area (Å²) >= 11 is 0. The fraction of sp³-hybridized carbons (Fsp3) is 0.238. The van der Waals surface area contributed by atoms with Crippen molar-refractivity contribution in [3.63, 3.8) is 0 Å². The maximum atomic E-state index is 12.8. The second-order valence-corrected chi connectivity index (χ2v) is 8.47. The minimum atomic E-state index is -3.36. The molecule has 1 aliphatic rings. The summed E-state index contributed by atoms with van der Waals surface area (Å²) in [5.41, 5.74) is 1.40. The van der Waals surface area contributed by atoms with Gasteiger partial charge in [0.05, 0.1) is 11.8 Å². The highest BCUT2D eigenvalue weighted by molar-refractivity contribution is 7.94. The van der Waals surface area contributed by atoms with E-state index in [1.165, 1.54) is 11.0 Å². The molecule has 0 unspecified atom stereocenters. The van der Waals surface area contributed by atoms with Crippen molar-refractivity contribution in [2.45, 2.75) is 13.0 Å². The third-order valence-corrected chi connectivity index (χ3v) is 5.72. The van der Waals surface area contributed by atoms with Crippen LogP contribution in [0.3, 0.4) is 0 Å². The first kappa shape index (κ1) is 20.6. The Morgan fingerprint density at radius 1 is 1.03 bits per heavy atom. The summed E-state index contributed by atoms with van der Waals surface area (Å²) in [5.74, 6) is -0.864. The van der Waals surface area contributed by atoms with Gasteiger partial charge >= 0.3 is 5.97 Å². The summed E-state index contributed by atoms with van der Waals surface area (Å²) in [4.78, 5) is 26.1. The minimum Gasteiger partial charge on any atom is -0.482 e. The Bertz CT molecular complexity index is 1020. The summed E-state index contributed by atoms with van der Waals surface area (Å²) < 4.78 is 34.0. The number of nitrogens with zero attached hydrogens (tertiary/aromatic N) is 1. The van der Waals surface area contributed by atoms with Gasteiger partial charge in [0.25, 0.3) is 5.91 Å². The van der Waals surface area contributed by atoms with Crippen LogP contribution < -0.4 is 9.64 Å². The van der Waals surface area contributed by atoms with E-state index in [9.17, 15) is 18.0 Å². The van der Waals surface area contributed by atoms with E-state index in [2.05, 4.69) is 0 Å². The Kier molecular flexibility index (Phi) is 6.33. The summed E-state index contributed by atoms with van der Waals surface area (Å²) in [6, 6.07) is 15.2. The lowest BCUT2D eigenvalue weighted by Gasteiger charge is -2.27. The van der Waals surface area contributed by atoms with Crippen molar-refractivity contribution < 1.29 is 27.5 Å². The standard InChI is InChI=1S/C21H21NO6S/c1-16-7-5-6-10-19(16)27-14-21(24)28-13-20(23)22(17-8-3-2-4-9-17)18-11-12-29(25,26)15-18/h2-12,18H,13-15H2,1H3/t18-/m1/s1. The molecule has 0 bridgehead atoms. The van der Waals surface area contributed by atoms with Crippen LogP contribution in [0.25, 0.3) is 0 Å². The van der Waals surface area contributed by atoms with Gasteiger partial charge in [0, 0.05) is 11.1 Å². The number of rotatable bonds is 7. The molecule has 0 fully saturated rings. The van der Waals surface area contributed by atoms with E-state index < -0.39 is 34.4 Å². The van der Waals surface area contributed by atoms with E-state index in [-0.39, 0.29) is 12.4 Å². The van der Waals surface area contributed by atoms with Crippen molar-refractivity contribution in [1.82, 2.24) is 0 Å². The van der Waals surface area contributed by atoms with Gasteiger partial charge in [-0.3, -0.25) is 4.79 Å². The molecule has 1 heterocycles. The Morgan fingerprint density at radius 2 is 1.72 bits per heavy atom. The first-order chi connectivity index (χ1) is 13.9.